The molecule has 142 valence electrons. The summed E-state index contributed by atoms with van der Waals surface area (Å²) in [4.78, 5) is 15.6. The summed E-state index contributed by atoms with van der Waals surface area (Å²) < 4.78 is 14.0. The van der Waals surface area contributed by atoms with Crippen LogP contribution in [0.15, 0.2) is 12.7 Å². The molecular weight excluding hydrogens is 354 g/mol. The second kappa shape index (κ2) is 6.86. The third-order valence-corrected chi connectivity index (χ3v) is 7.21. The van der Waals surface area contributed by atoms with Crippen LogP contribution in [0.5, 0.6) is 0 Å². The van der Waals surface area contributed by atoms with Crippen LogP contribution in [0, 0.1) is 11.3 Å². The van der Waals surface area contributed by atoms with Crippen LogP contribution in [0.1, 0.15) is 25.8 Å². The Morgan fingerprint density at radius 3 is 2.77 bits per heavy atom. The summed E-state index contributed by atoms with van der Waals surface area (Å²) in [7, 11) is -0.779. The molecule has 2 atom stereocenters. The van der Waals surface area contributed by atoms with E-state index in [2.05, 4.69) is 26.8 Å². The van der Waals surface area contributed by atoms with Gasteiger partial charge >= 0.3 is 0 Å². The van der Waals surface area contributed by atoms with E-state index in [-0.39, 0.29) is 24.7 Å². The molecule has 2 aromatic heterocycles. The molecule has 4 rings (SSSR count). The van der Waals surface area contributed by atoms with E-state index < -0.39 is 10.8 Å². The molecule has 8 nitrogen and oxygen atoms in total. The molecule has 1 aliphatic heterocycles. The Morgan fingerprint density at radius 1 is 1.27 bits per heavy atom. The summed E-state index contributed by atoms with van der Waals surface area (Å²) in [5, 5.41) is 19.0. The Kier molecular flexibility index (Phi) is 4.70. The minimum Gasteiger partial charge on any atom is -0.396 e. The Morgan fingerprint density at radius 2 is 2.04 bits per heavy atom. The standard InChI is InChI=1S/C17H25N5O3S/c1-12-6-21(2-3-26(25)7-12)15-14-16(19-10-18-15)22(11-20-14)13-4-17(5-13,8-23)9-24/h10-13,23-24H,2-9H2,1H3. The van der Waals surface area contributed by atoms with Gasteiger partial charge in [0.1, 0.15) is 6.33 Å². The van der Waals surface area contributed by atoms with Gasteiger partial charge in [0.2, 0.25) is 0 Å². The number of fused-ring (bicyclic) bond motifs is 1. The number of imidazole rings is 1. The fourth-order valence-electron chi connectivity index (χ4n) is 4.11. The maximum atomic E-state index is 12.0. The first-order chi connectivity index (χ1) is 12.5. The third-order valence-electron chi connectivity index (χ3n) is 5.63. The van der Waals surface area contributed by atoms with E-state index in [1.54, 1.807) is 12.7 Å². The fraction of sp³-hybridized carbons (Fsp3) is 0.706. The maximum absolute atomic E-state index is 12.0. The van der Waals surface area contributed by atoms with E-state index in [0.29, 0.717) is 31.1 Å². The van der Waals surface area contributed by atoms with Gasteiger partial charge in [0, 0.05) is 46.9 Å². The number of nitrogens with zero attached hydrogens (tertiary/aromatic N) is 5. The van der Waals surface area contributed by atoms with Crippen molar-refractivity contribution in [2.75, 3.05) is 42.7 Å². The van der Waals surface area contributed by atoms with Crippen molar-refractivity contribution in [3.05, 3.63) is 12.7 Å². The fourth-order valence-corrected chi connectivity index (χ4v) is 5.44. The Bertz CT molecular complexity index is 814. The van der Waals surface area contributed by atoms with Crippen molar-refractivity contribution < 1.29 is 14.4 Å². The Balaban J connectivity index is 1.63. The van der Waals surface area contributed by atoms with Gasteiger partial charge in [-0.05, 0) is 18.8 Å². The summed E-state index contributed by atoms with van der Waals surface area (Å²) >= 11 is 0. The highest BCUT2D eigenvalue weighted by molar-refractivity contribution is 7.85. The molecule has 2 fully saturated rings. The molecular formula is C17H25N5O3S. The average Bonchev–Trinajstić information content (AvgIpc) is 2.94. The first-order valence-electron chi connectivity index (χ1n) is 9.04. The van der Waals surface area contributed by atoms with E-state index in [1.165, 1.54) is 0 Å². The molecule has 2 unspecified atom stereocenters. The lowest BCUT2D eigenvalue weighted by Gasteiger charge is -2.45. The van der Waals surface area contributed by atoms with E-state index in [4.69, 9.17) is 0 Å². The first kappa shape index (κ1) is 17.8. The van der Waals surface area contributed by atoms with Gasteiger partial charge in [-0.25, -0.2) is 15.0 Å². The van der Waals surface area contributed by atoms with Gasteiger partial charge < -0.3 is 19.7 Å². The molecule has 0 aromatic carbocycles. The molecule has 1 saturated heterocycles. The maximum Gasteiger partial charge on any atom is 0.165 e. The normalized spacial score (nSPS) is 26.7. The highest BCUT2D eigenvalue weighted by Crippen LogP contribution is 2.48. The van der Waals surface area contributed by atoms with Gasteiger partial charge in [-0.2, -0.15) is 0 Å². The van der Waals surface area contributed by atoms with E-state index in [9.17, 15) is 14.4 Å². The van der Waals surface area contributed by atoms with Crippen molar-refractivity contribution >= 4 is 27.8 Å². The van der Waals surface area contributed by atoms with Crippen LogP contribution < -0.4 is 4.90 Å². The van der Waals surface area contributed by atoms with Crippen LogP contribution >= 0.6 is 0 Å². The molecule has 0 radical (unpaired) electrons. The van der Waals surface area contributed by atoms with Gasteiger partial charge in [-0.15, -0.1) is 0 Å². The monoisotopic (exact) mass is 379 g/mol. The molecule has 0 amide bonds. The molecule has 9 heteroatoms. The lowest BCUT2D eigenvalue weighted by molar-refractivity contribution is -0.0421. The highest BCUT2D eigenvalue weighted by Gasteiger charge is 2.44. The van der Waals surface area contributed by atoms with E-state index in [0.717, 1.165) is 29.3 Å². The van der Waals surface area contributed by atoms with Gasteiger partial charge in [-0.3, -0.25) is 4.21 Å². The molecule has 0 bridgehead atoms. The number of hydrogen-bond acceptors (Lipinski definition) is 7. The largest absolute Gasteiger partial charge is 0.396 e. The minimum absolute atomic E-state index is 0.00430. The summed E-state index contributed by atoms with van der Waals surface area (Å²) in [5.74, 6) is 2.52. The summed E-state index contributed by atoms with van der Waals surface area (Å²) in [6.07, 6.45) is 4.77. The van der Waals surface area contributed by atoms with Gasteiger partial charge in [-0.1, -0.05) is 6.92 Å². The van der Waals surface area contributed by atoms with Gasteiger partial charge in [0.25, 0.3) is 0 Å². The minimum atomic E-state index is -0.779. The lowest BCUT2D eigenvalue weighted by Crippen LogP contribution is -2.44. The molecule has 3 heterocycles. The van der Waals surface area contributed by atoms with Gasteiger partial charge in [0.05, 0.1) is 19.5 Å². The Labute approximate surface area is 154 Å². The highest BCUT2D eigenvalue weighted by atomic mass is 32.2. The van der Waals surface area contributed by atoms with Crippen molar-refractivity contribution in [3.63, 3.8) is 0 Å². The molecule has 1 saturated carbocycles. The average molecular weight is 379 g/mol. The summed E-state index contributed by atoms with van der Waals surface area (Å²) in [5.41, 5.74) is 1.15. The molecule has 26 heavy (non-hydrogen) atoms. The molecule has 1 aliphatic carbocycles. The topological polar surface area (TPSA) is 104 Å². The number of aromatic nitrogens is 4. The quantitative estimate of drug-likeness (QED) is 0.789. The molecule has 2 aliphatic rings. The number of aliphatic hydroxyl groups excluding tert-OH is 2. The van der Waals surface area contributed by atoms with Crippen LogP contribution in [-0.2, 0) is 10.8 Å². The number of rotatable bonds is 4. The SMILES string of the molecule is CC1CN(c2ncnc3c2ncn3C2CC(CO)(CO)C2)CCS(=O)C1. The van der Waals surface area contributed by atoms with E-state index >= 15 is 0 Å². The lowest BCUT2D eigenvalue weighted by atomic mass is 9.66. The zero-order valence-electron chi connectivity index (χ0n) is 14.9. The van der Waals surface area contributed by atoms with Crippen molar-refractivity contribution in [1.82, 2.24) is 19.5 Å². The van der Waals surface area contributed by atoms with E-state index in [1.807, 2.05) is 4.57 Å². The van der Waals surface area contributed by atoms with Crippen molar-refractivity contribution in [2.24, 2.45) is 11.3 Å². The number of aliphatic hydroxyl groups is 2. The number of anilines is 1. The smallest absolute Gasteiger partial charge is 0.165 e. The van der Waals surface area contributed by atoms with Crippen molar-refractivity contribution in [2.45, 2.75) is 25.8 Å². The number of hydrogen-bond donors (Lipinski definition) is 2. The van der Waals surface area contributed by atoms with Gasteiger partial charge in [0.15, 0.2) is 17.0 Å². The molecule has 2 N–H and O–H groups in total. The van der Waals surface area contributed by atoms with Crippen molar-refractivity contribution in [3.8, 4) is 0 Å². The van der Waals surface area contributed by atoms with Crippen LogP contribution in [-0.4, -0.2) is 71.7 Å². The molecule has 0 spiro atoms. The predicted octanol–water partition coefficient (Wildman–Crippen LogP) is 0.337. The third kappa shape index (κ3) is 3.01. The first-order valence-corrected chi connectivity index (χ1v) is 10.5. The zero-order valence-corrected chi connectivity index (χ0v) is 15.7. The molecule has 2 aromatic rings. The second-order valence-corrected chi connectivity index (χ2v) is 9.38. The summed E-state index contributed by atoms with van der Waals surface area (Å²) in [6, 6.07) is 0.178. The van der Waals surface area contributed by atoms with Crippen LogP contribution in [0.4, 0.5) is 5.82 Å². The second-order valence-electron chi connectivity index (χ2n) is 7.76. The van der Waals surface area contributed by atoms with Crippen molar-refractivity contribution in [1.29, 1.82) is 0 Å². The summed E-state index contributed by atoms with van der Waals surface area (Å²) in [6.45, 7) is 3.63. The van der Waals surface area contributed by atoms with Crippen LogP contribution in [0.3, 0.4) is 0 Å². The zero-order chi connectivity index (χ0) is 18.3. The van der Waals surface area contributed by atoms with Crippen LogP contribution in [0.2, 0.25) is 0 Å². The van der Waals surface area contributed by atoms with Crippen LogP contribution in [0.25, 0.3) is 11.2 Å². The predicted molar refractivity (Wildman–Crippen MR) is 99.5 cm³/mol. The Hall–Kier alpha value is -1.58.